The van der Waals surface area contributed by atoms with Crippen molar-refractivity contribution in [2.24, 2.45) is 5.92 Å². The van der Waals surface area contributed by atoms with Gasteiger partial charge in [-0.15, -0.1) is 5.10 Å². The van der Waals surface area contributed by atoms with Crippen molar-refractivity contribution in [1.29, 1.82) is 0 Å². The molecule has 0 bridgehead atoms. The first-order valence-electron chi connectivity index (χ1n) is 12.9. The molecule has 1 fully saturated rings. The molecule has 9 heteroatoms. The molecule has 0 aliphatic heterocycles. The van der Waals surface area contributed by atoms with E-state index in [1.165, 1.54) is 17.5 Å². The summed E-state index contributed by atoms with van der Waals surface area (Å²) in [6, 6.07) is 27.4. The second kappa shape index (κ2) is 13.2. The van der Waals surface area contributed by atoms with Crippen LogP contribution >= 0.6 is 0 Å². The number of carbonyl (C=O) groups is 2. The van der Waals surface area contributed by atoms with Crippen LogP contribution in [0.15, 0.2) is 94.1 Å². The predicted molar refractivity (Wildman–Crippen MR) is 145 cm³/mol. The largest absolute Gasteiger partial charge is 0.503 e. The summed E-state index contributed by atoms with van der Waals surface area (Å²) in [6.07, 6.45) is 2.65. The molecular weight excluding hydrogens is 498 g/mol. The zero-order chi connectivity index (χ0) is 27.6. The number of hydrogen-bond donors (Lipinski definition) is 3. The number of aromatic nitrogens is 2. The van der Waals surface area contributed by atoms with Crippen molar-refractivity contribution in [3.8, 4) is 11.5 Å². The van der Waals surface area contributed by atoms with Crippen LogP contribution in [0.3, 0.4) is 0 Å². The topological polar surface area (TPSA) is 135 Å². The van der Waals surface area contributed by atoms with E-state index in [0.29, 0.717) is 24.9 Å². The number of carboxylic acid groups (broad SMARTS) is 2. The van der Waals surface area contributed by atoms with Gasteiger partial charge in [-0.3, -0.25) is 4.79 Å². The van der Waals surface area contributed by atoms with Gasteiger partial charge in [-0.2, -0.15) is 4.68 Å². The molecule has 1 aromatic heterocycles. The number of nitrogens with zero attached hydrogens (tertiary/aromatic N) is 2. The fraction of sp³-hybridized carbons (Fsp3) is 0.267. The molecule has 0 saturated heterocycles. The molecule has 1 unspecified atom stereocenters. The van der Waals surface area contributed by atoms with E-state index in [4.69, 9.17) is 19.4 Å². The lowest BCUT2D eigenvalue weighted by molar-refractivity contribution is -0.123. The Morgan fingerprint density at radius 3 is 2.10 bits per heavy atom. The van der Waals surface area contributed by atoms with Gasteiger partial charge in [0.05, 0.1) is 12.5 Å². The van der Waals surface area contributed by atoms with E-state index >= 15 is 0 Å². The number of amides is 1. The molecule has 5 rings (SSSR count). The summed E-state index contributed by atoms with van der Waals surface area (Å²) in [5.41, 5.74) is 3.80. The van der Waals surface area contributed by atoms with Crippen LogP contribution in [0, 0.1) is 5.92 Å². The second-order valence-electron chi connectivity index (χ2n) is 9.45. The van der Waals surface area contributed by atoms with Crippen molar-refractivity contribution in [2.75, 3.05) is 0 Å². The van der Waals surface area contributed by atoms with Gasteiger partial charge in [0, 0.05) is 12.1 Å². The van der Waals surface area contributed by atoms with Gasteiger partial charge >= 0.3 is 11.9 Å². The van der Waals surface area contributed by atoms with E-state index in [1.807, 2.05) is 84.9 Å². The number of nitrogens with one attached hydrogen (secondary N) is 1. The maximum absolute atomic E-state index is 13.3. The van der Waals surface area contributed by atoms with Gasteiger partial charge in [-0.1, -0.05) is 85.6 Å². The fourth-order valence-electron chi connectivity index (χ4n) is 4.93. The summed E-state index contributed by atoms with van der Waals surface area (Å²) >= 11 is 0. The van der Waals surface area contributed by atoms with Crippen molar-refractivity contribution in [3.05, 3.63) is 112 Å². The van der Waals surface area contributed by atoms with Crippen molar-refractivity contribution in [1.82, 2.24) is 15.1 Å². The van der Waals surface area contributed by atoms with Crippen LogP contribution < -0.4 is 11.1 Å². The van der Waals surface area contributed by atoms with E-state index < -0.39 is 11.9 Å². The zero-order valence-corrected chi connectivity index (χ0v) is 21.4. The minimum atomic E-state index is -1.83. The summed E-state index contributed by atoms with van der Waals surface area (Å²) in [5, 5.41) is 21.4. The Hall–Kier alpha value is -4.66. The Morgan fingerprint density at radius 1 is 0.897 bits per heavy atom. The van der Waals surface area contributed by atoms with Crippen LogP contribution in [0.25, 0.3) is 11.5 Å². The first-order valence-corrected chi connectivity index (χ1v) is 12.9. The fourth-order valence-corrected chi connectivity index (χ4v) is 4.93. The molecule has 3 aromatic carbocycles. The molecule has 1 atom stereocenters. The molecule has 3 N–H and O–H groups in total. The predicted octanol–water partition coefficient (Wildman–Crippen LogP) is 5.36. The van der Waals surface area contributed by atoms with Crippen LogP contribution in [0.2, 0.25) is 0 Å². The molecule has 1 saturated carbocycles. The highest BCUT2D eigenvalue weighted by Crippen LogP contribution is 2.37. The Balaban J connectivity index is 0.000000826. The molecule has 202 valence electrons. The maximum Gasteiger partial charge on any atom is 0.503 e. The Morgan fingerprint density at radius 2 is 1.49 bits per heavy atom. The molecule has 4 aromatic rings. The smallest absolute Gasteiger partial charge is 0.450 e. The van der Waals surface area contributed by atoms with Gasteiger partial charge in [0.15, 0.2) is 0 Å². The SMILES string of the molecule is O=C(NCc1ccccc1)C(c1ccc(Cn2nc(-c3ccccc3)oc2=O)cc1)C1CCCC1.O=C(O)O. The second-order valence-corrected chi connectivity index (χ2v) is 9.45. The van der Waals surface area contributed by atoms with E-state index in [1.54, 1.807) is 0 Å². The lowest BCUT2D eigenvalue weighted by Crippen LogP contribution is -2.32. The van der Waals surface area contributed by atoms with E-state index in [9.17, 15) is 9.59 Å². The van der Waals surface area contributed by atoms with E-state index in [0.717, 1.165) is 35.1 Å². The van der Waals surface area contributed by atoms with Gasteiger partial charge < -0.3 is 19.9 Å². The van der Waals surface area contributed by atoms with Crippen LogP contribution in [0.1, 0.15) is 48.3 Å². The number of carbonyl (C=O) groups excluding carboxylic acids is 1. The van der Waals surface area contributed by atoms with Crippen molar-refractivity contribution in [2.45, 2.75) is 44.7 Å². The minimum absolute atomic E-state index is 0.0775. The molecule has 0 radical (unpaired) electrons. The molecule has 1 aliphatic carbocycles. The minimum Gasteiger partial charge on any atom is -0.450 e. The summed E-state index contributed by atoms with van der Waals surface area (Å²) in [4.78, 5) is 34.2. The zero-order valence-electron chi connectivity index (χ0n) is 21.4. The molecule has 39 heavy (non-hydrogen) atoms. The monoisotopic (exact) mass is 529 g/mol. The average Bonchev–Trinajstić information content (AvgIpc) is 3.60. The quantitative estimate of drug-likeness (QED) is 0.279. The Labute approximate surface area is 225 Å². The Kier molecular flexibility index (Phi) is 9.29. The number of rotatable bonds is 8. The van der Waals surface area contributed by atoms with Gasteiger partial charge in [0.1, 0.15) is 0 Å². The number of benzene rings is 3. The lowest BCUT2D eigenvalue weighted by Gasteiger charge is -2.23. The molecule has 1 heterocycles. The van der Waals surface area contributed by atoms with Gasteiger partial charge in [-0.05, 0) is 47.6 Å². The summed E-state index contributed by atoms with van der Waals surface area (Å²) in [5.74, 6) is 0.0762. The molecule has 9 nitrogen and oxygen atoms in total. The van der Waals surface area contributed by atoms with Crippen LogP contribution in [0.4, 0.5) is 4.79 Å². The number of hydrogen-bond acceptors (Lipinski definition) is 5. The van der Waals surface area contributed by atoms with Crippen LogP contribution in [0.5, 0.6) is 0 Å². The highest BCUT2D eigenvalue weighted by molar-refractivity contribution is 5.84. The third-order valence-electron chi connectivity index (χ3n) is 6.76. The third kappa shape index (κ3) is 7.67. The van der Waals surface area contributed by atoms with E-state index in [2.05, 4.69) is 10.4 Å². The lowest BCUT2D eigenvalue weighted by atomic mass is 9.83. The highest BCUT2D eigenvalue weighted by Gasteiger charge is 2.31. The Bertz CT molecular complexity index is 1400. The normalized spacial score (nSPS) is 13.7. The van der Waals surface area contributed by atoms with Gasteiger partial charge in [0.25, 0.3) is 0 Å². The highest BCUT2D eigenvalue weighted by atomic mass is 16.6. The molecule has 1 amide bonds. The van der Waals surface area contributed by atoms with E-state index in [-0.39, 0.29) is 11.8 Å². The third-order valence-corrected chi connectivity index (χ3v) is 6.76. The molecule has 0 spiro atoms. The average molecular weight is 530 g/mol. The maximum atomic E-state index is 13.3. The van der Waals surface area contributed by atoms with Crippen molar-refractivity contribution >= 4 is 12.1 Å². The molecular formula is C30H31N3O6. The first-order chi connectivity index (χ1) is 18.9. The van der Waals surface area contributed by atoms with Crippen molar-refractivity contribution < 1.29 is 24.2 Å². The summed E-state index contributed by atoms with van der Waals surface area (Å²) < 4.78 is 6.67. The van der Waals surface area contributed by atoms with Crippen LogP contribution in [-0.2, 0) is 17.9 Å². The van der Waals surface area contributed by atoms with Crippen molar-refractivity contribution in [3.63, 3.8) is 0 Å². The van der Waals surface area contributed by atoms with Gasteiger partial charge in [0.2, 0.25) is 11.8 Å². The summed E-state index contributed by atoms with van der Waals surface area (Å²) in [7, 11) is 0. The van der Waals surface area contributed by atoms with Gasteiger partial charge in [-0.25, -0.2) is 9.59 Å². The molecule has 1 aliphatic rings. The standard InChI is InChI=1S/C29H29N3O3.CH2O3/c33-27(30-19-21-9-3-1-4-10-21)26(23-11-7-8-12-23)24-17-15-22(16-18-24)20-32-29(34)35-28(31-32)25-13-5-2-6-14-25;2-1(3)4/h1-6,9-10,13-18,23,26H,7-8,11-12,19-20H2,(H,30,33);(H2,2,3,4). The van der Waals surface area contributed by atoms with Crippen LogP contribution in [-0.4, -0.2) is 32.1 Å². The summed E-state index contributed by atoms with van der Waals surface area (Å²) in [6.45, 7) is 0.837. The first kappa shape index (κ1) is 27.4.